The monoisotopic (exact) mass is 544 g/mol. The Hall–Kier alpha value is -5.16. The van der Waals surface area contributed by atoms with E-state index in [4.69, 9.17) is 4.74 Å². The number of esters is 1. The quantitative estimate of drug-likeness (QED) is 0.110. The van der Waals surface area contributed by atoms with Gasteiger partial charge in [-0.1, -0.05) is 6.58 Å². The van der Waals surface area contributed by atoms with Crippen LogP contribution in [0.5, 0.6) is 0 Å². The standard InChI is InChI=1S/C22H20N6O11/c1-11(2)22(30)39-10-14(29)9-23-3-4-24-21-15-5-12(25(31)32)7-17(27(35)36)19(15)20-16(21)6-13(26(33)34)8-18(20)28(37)38/h5-8,14,23,29H,1,3-4,9-10H2,2H3. The minimum atomic E-state index is -1.08. The average molecular weight is 544 g/mol. The van der Waals surface area contributed by atoms with Gasteiger partial charge in [0.25, 0.3) is 22.7 Å². The highest BCUT2D eigenvalue weighted by Gasteiger charge is 2.41. The lowest BCUT2D eigenvalue weighted by Gasteiger charge is -2.12. The molecule has 204 valence electrons. The summed E-state index contributed by atoms with van der Waals surface area (Å²) in [5, 5.41) is 59.2. The van der Waals surface area contributed by atoms with Gasteiger partial charge in [0.15, 0.2) is 0 Å². The number of benzene rings is 2. The Labute approximate surface area is 218 Å². The van der Waals surface area contributed by atoms with Crippen molar-refractivity contribution in [2.24, 2.45) is 4.99 Å². The van der Waals surface area contributed by atoms with Crippen molar-refractivity contribution >= 4 is 34.4 Å². The Morgan fingerprint density at radius 3 is 1.85 bits per heavy atom. The van der Waals surface area contributed by atoms with Crippen LogP contribution >= 0.6 is 0 Å². The molecule has 0 saturated heterocycles. The van der Waals surface area contributed by atoms with Crippen molar-refractivity contribution < 1.29 is 34.3 Å². The third-order valence-corrected chi connectivity index (χ3v) is 5.47. The van der Waals surface area contributed by atoms with E-state index in [1.54, 1.807) is 0 Å². The number of carbonyl (C=O) groups excluding carboxylic acids is 1. The molecule has 0 bridgehead atoms. The number of nitro groups is 4. The highest BCUT2D eigenvalue weighted by atomic mass is 16.6. The number of nitro benzene ring substituents is 4. The zero-order chi connectivity index (χ0) is 29.0. The van der Waals surface area contributed by atoms with Gasteiger partial charge in [-0.2, -0.15) is 0 Å². The largest absolute Gasteiger partial charge is 0.460 e. The van der Waals surface area contributed by atoms with Crippen molar-refractivity contribution in [3.63, 3.8) is 0 Å². The maximum atomic E-state index is 11.8. The molecule has 2 N–H and O–H groups in total. The van der Waals surface area contributed by atoms with Crippen molar-refractivity contribution in [2.75, 3.05) is 26.2 Å². The SMILES string of the molecule is C=C(C)C(=O)OCC(O)CNCCN=C1c2cc([N+](=O)[O-])cc([N+](=O)[O-])c2-c2c1cc([N+](=O)[O-])cc2[N+](=O)[O-]. The van der Waals surface area contributed by atoms with Crippen LogP contribution in [0.3, 0.4) is 0 Å². The van der Waals surface area contributed by atoms with Gasteiger partial charge in [0, 0.05) is 41.9 Å². The number of aliphatic hydroxyl groups is 1. The predicted octanol–water partition coefficient (Wildman–Crippen LogP) is 2.21. The number of hydrogen-bond acceptors (Lipinski definition) is 13. The van der Waals surface area contributed by atoms with Gasteiger partial charge in [-0.3, -0.25) is 45.4 Å². The highest BCUT2D eigenvalue weighted by molar-refractivity contribution is 6.27. The molecule has 0 aromatic heterocycles. The van der Waals surface area contributed by atoms with Gasteiger partial charge in [-0.15, -0.1) is 0 Å². The lowest BCUT2D eigenvalue weighted by molar-refractivity contribution is -0.395. The van der Waals surface area contributed by atoms with Crippen molar-refractivity contribution in [3.05, 3.63) is 88.0 Å². The summed E-state index contributed by atoms with van der Waals surface area (Å²) < 4.78 is 4.83. The molecule has 0 aliphatic heterocycles. The lowest BCUT2D eigenvalue weighted by Crippen LogP contribution is -2.32. The van der Waals surface area contributed by atoms with Crippen LogP contribution in [0.15, 0.2) is 41.4 Å². The molecule has 0 heterocycles. The zero-order valence-electron chi connectivity index (χ0n) is 20.2. The average Bonchev–Trinajstić information content (AvgIpc) is 3.18. The van der Waals surface area contributed by atoms with Gasteiger partial charge >= 0.3 is 5.97 Å². The van der Waals surface area contributed by atoms with E-state index >= 15 is 0 Å². The fourth-order valence-electron chi connectivity index (χ4n) is 3.81. The van der Waals surface area contributed by atoms with Crippen molar-refractivity contribution in [3.8, 4) is 11.1 Å². The molecule has 2 aromatic carbocycles. The van der Waals surface area contributed by atoms with Crippen LogP contribution in [-0.2, 0) is 9.53 Å². The molecule has 0 saturated carbocycles. The van der Waals surface area contributed by atoms with Crippen LogP contribution < -0.4 is 5.32 Å². The summed E-state index contributed by atoms with van der Waals surface area (Å²) in [4.78, 5) is 58.5. The van der Waals surface area contributed by atoms with E-state index in [2.05, 4.69) is 16.9 Å². The first-order valence-corrected chi connectivity index (χ1v) is 11.0. The number of non-ortho nitro benzene ring substituents is 2. The van der Waals surface area contributed by atoms with E-state index in [0.717, 1.165) is 12.1 Å². The number of nitrogens with zero attached hydrogens (tertiary/aromatic N) is 5. The van der Waals surface area contributed by atoms with Gasteiger partial charge in [0.05, 0.1) is 55.2 Å². The van der Waals surface area contributed by atoms with Crippen LogP contribution in [0.4, 0.5) is 22.7 Å². The summed E-state index contributed by atoms with van der Waals surface area (Å²) in [6.07, 6.45) is -1.08. The number of carbonyl (C=O) groups is 1. The number of fused-ring (bicyclic) bond motifs is 3. The Balaban J connectivity index is 2.00. The Kier molecular flexibility index (Phi) is 8.37. The molecule has 2 aromatic rings. The smallest absolute Gasteiger partial charge is 0.333 e. The van der Waals surface area contributed by atoms with Crippen LogP contribution in [0.1, 0.15) is 18.1 Å². The minimum absolute atomic E-state index is 0.0324. The van der Waals surface area contributed by atoms with E-state index < -0.39 is 54.5 Å². The maximum absolute atomic E-state index is 11.8. The summed E-state index contributed by atoms with van der Waals surface area (Å²) in [5.41, 5.74) is -3.90. The highest BCUT2D eigenvalue weighted by Crippen LogP contribution is 2.50. The zero-order valence-corrected chi connectivity index (χ0v) is 20.2. The first-order chi connectivity index (χ1) is 18.3. The molecule has 1 aliphatic carbocycles. The van der Waals surface area contributed by atoms with Crippen LogP contribution in [0.2, 0.25) is 0 Å². The number of hydrogen-bond donors (Lipinski definition) is 2. The molecule has 17 nitrogen and oxygen atoms in total. The van der Waals surface area contributed by atoms with Gasteiger partial charge in [0.1, 0.15) is 12.7 Å². The number of nitrogens with one attached hydrogen (secondary N) is 1. The number of aliphatic imine (C=N–C) groups is 1. The summed E-state index contributed by atoms with van der Waals surface area (Å²) in [7, 11) is 0. The minimum Gasteiger partial charge on any atom is -0.460 e. The molecule has 0 spiro atoms. The lowest BCUT2D eigenvalue weighted by atomic mass is 10.0. The number of aliphatic hydroxyl groups excluding tert-OH is 1. The molecular formula is C22H20N6O11. The molecule has 1 aliphatic rings. The third kappa shape index (κ3) is 6.05. The Bertz CT molecular complexity index is 1370. The summed E-state index contributed by atoms with van der Waals surface area (Å²) >= 11 is 0. The molecule has 0 fully saturated rings. The van der Waals surface area contributed by atoms with E-state index in [9.17, 15) is 50.4 Å². The fourth-order valence-corrected chi connectivity index (χ4v) is 3.81. The Morgan fingerprint density at radius 1 is 0.949 bits per heavy atom. The molecule has 0 amide bonds. The molecule has 0 radical (unpaired) electrons. The summed E-state index contributed by atoms with van der Waals surface area (Å²) in [6, 6.07) is 3.23. The summed E-state index contributed by atoms with van der Waals surface area (Å²) in [6.45, 7) is 4.49. The molecule has 3 rings (SSSR count). The van der Waals surface area contributed by atoms with E-state index in [0.29, 0.717) is 12.1 Å². The van der Waals surface area contributed by atoms with Crippen molar-refractivity contribution in [2.45, 2.75) is 13.0 Å². The first kappa shape index (κ1) is 28.4. The molecule has 17 heteroatoms. The molecular weight excluding hydrogens is 524 g/mol. The number of rotatable bonds is 12. The van der Waals surface area contributed by atoms with Crippen LogP contribution in [-0.4, -0.2) is 68.8 Å². The molecule has 1 unspecified atom stereocenters. The van der Waals surface area contributed by atoms with Crippen LogP contribution in [0.25, 0.3) is 11.1 Å². The van der Waals surface area contributed by atoms with E-state index in [-0.39, 0.29) is 59.8 Å². The topological polar surface area (TPSA) is 243 Å². The predicted molar refractivity (Wildman–Crippen MR) is 134 cm³/mol. The van der Waals surface area contributed by atoms with Crippen LogP contribution in [0, 0.1) is 40.5 Å². The van der Waals surface area contributed by atoms with Gasteiger partial charge < -0.3 is 15.2 Å². The van der Waals surface area contributed by atoms with E-state index in [1.165, 1.54) is 6.92 Å². The van der Waals surface area contributed by atoms with E-state index in [1.807, 2.05) is 0 Å². The van der Waals surface area contributed by atoms with Crippen molar-refractivity contribution in [1.29, 1.82) is 0 Å². The van der Waals surface area contributed by atoms with Gasteiger partial charge in [-0.25, -0.2) is 4.79 Å². The normalized spacial score (nSPS) is 12.2. The van der Waals surface area contributed by atoms with Crippen molar-refractivity contribution in [1.82, 2.24) is 5.32 Å². The molecule has 39 heavy (non-hydrogen) atoms. The molecule has 1 atom stereocenters. The summed E-state index contributed by atoms with van der Waals surface area (Å²) in [5.74, 6) is -0.676. The van der Waals surface area contributed by atoms with Gasteiger partial charge in [0.2, 0.25) is 0 Å². The second kappa shape index (κ2) is 11.5. The third-order valence-electron chi connectivity index (χ3n) is 5.47. The second-order valence-electron chi connectivity index (χ2n) is 8.27. The Morgan fingerprint density at radius 2 is 1.44 bits per heavy atom. The second-order valence-corrected chi connectivity index (χ2v) is 8.27. The van der Waals surface area contributed by atoms with Gasteiger partial charge in [-0.05, 0) is 6.92 Å². The number of ether oxygens (including phenoxy) is 1. The fraction of sp³-hybridized carbons (Fsp3) is 0.273. The maximum Gasteiger partial charge on any atom is 0.333 e. The first-order valence-electron chi connectivity index (χ1n) is 11.0.